The highest BCUT2D eigenvalue weighted by Crippen LogP contribution is 2.07. The molecule has 110 valence electrons. The molecule has 2 rings (SSSR count). The number of carbonyl (C=O) groups excluding carboxylic acids is 1. The molecule has 1 aliphatic rings. The van der Waals surface area contributed by atoms with Crippen molar-refractivity contribution >= 4 is 5.91 Å². The number of nitrogens with one attached hydrogen (secondary N) is 2. The first kappa shape index (κ1) is 15.0. The second kappa shape index (κ2) is 7.38. The predicted molar refractivity (Wildman–Crippen MR) is 78.2 cm³/mol. The summed E-state index contributed by atoms with van der Waals surface area (Å²) < 4.78 is 0. The van der Waals surface area contributed by atoms with Crippen LogP contribution in [0.3, 0.4) is 0 Å². The SMILES string of the molecule is CC1CNC(C(=O)N(CCO)Cc2ccccc2)CN1. The Morgan fingerprint density at radius 2 is 2.05 bits per heavy atom. The molecule has 0 spiro atoms. The summed E-state index contributed by atoms with van der Waals surface area (Å²) in [6.45, 7) is 4.39. The van der Waals surface area contributed by atoms with Crippen molar-refractivity contribution in [3.8, 4) is 0 Å². The fourth-order valence-electron chi connectivity index (χ4n) is 2.37. The lowest BCUT2D eigenvalue weighted by atomic mass is 10.1. The van der Waals surface area contributed by atoms with E-state index in [0.29, 0.717) is 25.7 Å². The zero-order chi connectivity index (χ0) is 14.4. The van der Waals surface area contributed by atoms with Crippen LogP contribution < -0.4 is 10.6 Å². The van der Waals surface area contributed by atoms with Crippen LogP contribution in [0, 0.1) is 0 Å². The summed E-state index contributed by atoms with van der Waals surface area (Å²) in [6.07, 6.45) is 0. The molecule has 1 aliphatic heterocycles. The van der Waals surface area contributed by atoms with Gasteiger partial charge in [-0.1, -0.05) is 30.3 Å². The smallest absolute Gasteiger partial charge is 0.241 e. The van der Waals surface area contributed by atoms with E-state index >= 15 is 0 Å². The van der Waals surface area contributed by atoms with Gasteiger partial charge in [0.15, 0.2) is 0 Å². The summed E-state index contributed by atoms with van der Waals surface area (Å²) in [6, 6.07) is 10.0. The van der Waals surface area contributed by atoms with Crippen LogP contribution in [0.2, 0.25) is 0 Å². The van der Waals surface area contributed by atoms with Gasteiger partial charge >= 0.3 is 0 Å². The summed E-state index contributed by atoms with van der Waals surface area (Å²) in [7, 11) is 0. The summed E-state index contributed by atoms with van der Waals surface area (Å²) >= 11 is 0. The van der Waals surface area contributed by atoms with Crippen LogP contribution in [0.4, 0.5) is 0 Å². The topological polar surface area (TPSA) is 64.6 Å². The van der Waals surface area contributed by atoms with Gasteiger partial charge in [-0.05, 0) is 12.5 Å². The summed E-state index contributed by atoms with van der Waals surface area (Å²) in [5, 5.41) is 15.7. The number of benzene rings is 1. The van der Waals surface area contributed by atoms with Crippen molar-refractivity contribution in [3.05, 3.63) is 35.9 Å². The maximum absolute atomic E-state index is 12.5. The molecule has 2 unspecified atom stereocenters. The zero-order valence-corrected chi connectivity index (χ0v) is 11.9. The molecule has 0 bridgehead atoms. The predicted octanol–water partition coefficient (Wildman–Crippen LogP) is -0.0426. The molecule has 3 N–H and O–H groups in total. The summed E-state index contributed by atoms with van der Waals surface area (Å²) in [4.78, 5) is 14.2. The Labute approximate surface area is 120 Å². The average molecular weight is 277 g/mol. The largest absolute Gasteiger partial charge is 0.395 e. The number of carbonyl (C=O) groups is 1. The van der Waals surface area contributed by atoms with E-state index in [1.54, 1.807) is 4.90 Å². The molecule has 0 aromatic heterocycles. The highest BCUT2D eigenvalue weighted by atomic mass is 16.3. The molecule has 5 heteroatoms. The first-order chi connectivity index (χ1) is 9.70. The fourth-order valence-corrected chi connectivity index (χ4v) is 2.37. The maximum atomic E-state index is 12.5. The second-order valence-electron chi connectivity index (χ2n) is 5.24. The molecule has 2 atom stereocenters. The normalized spacial score (nSPS) is 22.5. The maximum Gasteiger partial charge on any atom is 0.241 e. The number of aliphatic hydroxyl groups is 1. The van der Waals surface area contributed by atoms with Crippen molar-refractivity contribution in [1.29, 1.82) is 0 Å². The summed E-state index contributed by atoms with van der Waals surface area (Å²) in [5.74, 6) is 0.0438. The quantitative estimate of drug-likeness (QED) is 0.706. The van der Waals surface area contributed by atoms with E-state index in [2.05, 4.69) is 17.6 Å². The molecule has 20 heavy (non-hydrogen) atoms. The lowest BCUT2D eigenvalue weighted by Crippen LogP contribution is -2.59. The van der Waals surface area contributed by atoms with Crippen molar-refractivity contribution < 1.29 is 9.90 Å². The Bertz CT molecular complexity index is 416. The van der Waals surface area contributed by atoms with E-state index in [1.165, 1.54) is 0 Å². The first-order valence-electron chi connectivity index (χ1n) is 7.11. The monoisotopic (exact) mass is 277 g/mol. The lowest BCUT2D eigenvalue weighted by molar-refractivity contribution is -0.135. The van der Waals surface area contributed by atoms with Gasteiger partial charge in [-0.25, -0.2) is 0 Å². The van der Waals surface area contributed by atoms with Crippen molar-refractivity contribution in [2.75, 3.05) is 26.2 Å². The van der Waals surface area contributed by atoms with Crippen molar-refractivity contribution in [1.82, 2.24) is 15.5 Å². The highest BCUT2D eigenvalue weighted by molar-refractivity contribution is 5.82. The van der Waals surface area contributed by atoms with E-state index < -0.39 is 0 Å². The number of nitrogens with zero attached hydrogens (tertiary/aromatic N) is 1. The zero-order valence-electron chi connectivity index (χ0n) is 11.9. The molecular weight excluding hydrogens is 254 g/mol. The van der Waals surface area contributed by atoms with Crippen LogP contribution in [-0.2, 0) is 11.3 Å². The van der Waals surface area contributed by atoms with Crippen LogP contribution in [0.25, 0.3) is 0 Å². The number of rotatable bonds is 5. The number of piperazine rings is 1. The number of hydrogen-bond acceptors (Lipinski definition) is 4. The van der Waals surface area contributed by atoms with E-state index in [1.807, 2.05) is 30.3 Å². The second-order valence-corrected chi connectivity index (χ2v) is 5.24. The Morgan fingerprint density at radius 1 is 1.30 bits per heavy atom. The molecule has 1 fully saturated rings. The van der Waals surface area contributed by atoms with Gasteiger partial charge in [0.2, 0.25) is 5.91 Å². The lowest BCUT2D eigenvalue weighted by Gasteiger charge is -2.32. The summed E-state index contributed by atoms with van der Waals surface area (Å²) in [5.41, 5.74) is 1.08. The number of aliphatic hydroxyl groups excluding tert-OH is 1. The van der Waals surface area contributed by atoms with Gasteiger partial charge in [-0.2, -0.15) is 0 Å². The Hall–Kier alpha value is -1.43. The van der Waals surface area contributed by atoms with Gasteiger partial charge in [0, 0.05) is 32.2 Å². The third kappa shape index (κ3) is 4.03. The molecule has 1 saturated heterocycles. The van der Waals surface area contributed by atoms with Crippen LogP contribution in [0.5, 0.6) is 0 Å². The van der Waals surface area contributed by atoms with E-state index in [-0.39, 0.29) is 18.6 Å². The van der Waals surface area contributed by atoms with Gasteiger partial charge in [0.1, 0.15) is 0 Å². The van der Waals surface area contributed by atoms with Crippen LogP contribution in [0.15, 0.2) is 30.3 Å². The van der Waals surface area contributed by atoms with Gasteiger partial charge in [0.05, 0.1) is 12.6 Å². The molecule has 1 aromatic rings. The van der Waals surface area contributed by atoms with Crippen molar-refractivity contribution in [2.45, 2.75) is 25.6 Å². The average Bonchev–Trinajstić information content (AvgIpc) is 2.48. The minimum absolute atomic E-state index is 0.0187. The molecule has 0 aliphatic carbocycles. The molecule has 1 amide bonds. The molecule has 0 saturated carbocycles. The van der Waals surface area contributed by atoms with Gasteiger partial charge < -0.3 is 20.6 Å². The van der Waals surface area contributed by atoms with E-state index in [0.717, 1.165) is 12.1 Å². The minimum Gasteiger partial charge on any atom is -0.395 e. The molecule has 1 heterocycles. The molecule has 5 nitrogen and oxygen atoms in total. The van der Waals surface area contributed by atoms with Crippen LogP contribution in [0.1, 0.15) is 12.5 Å². The fraction of sp³-hybridized carbons (Fsp3) is 0.533. The van der Waals surface area contributed by atoms with E-state index in [9.17, 15) is 9.90 Å². The van der Waals surface area contributed by atoms with Gasteiger partial charge in [-0.15, -0.1) is 0 Å². The van der Waals surface area contributed by atoms with Crippen molar-refractivity contribution in [3.63, 3.8) is 0 Å². The van der Waals surface area contributed by atoms with Crippen LogP contribution >= 0.6 is 0 Å². The van der Waals surface area contributed by atoms with E-state index in [4.69, 9.17) is 0 Å². The van der Waals surface area contributed by atoms with Crippen molar-refractivity contribution in [2.24, 2.45) is 0 Å². The third-order valence-corrected chi connectivity index (χ3v) is 3.54. The minimum atomic E-state index is -0.207. The molecule has 1 aromatic carbocycles. The van der Waals surface area contributed by atoms with Crippen LogP contribution in [-0.4, -0.2) is 54.2 Å². The number of amides is 1. The molecular formula is C15H23N3O2. The standard InChI is InChI=1S/C15H23N3O2/c1-12-9-17-14(10-16-12)15(20)18(7-8-19)11-13-5-3-2-4-6-13/h2-6,12,14,16-17,19H,7-11H2,1H3. The van der Waals surface area contributed by atoms with Gasteiger partial charge in [-0.3, -0.25) is 4.79 Å². The molecule has 0 radical (unpaired) electrons. The third-order valence-electron chi connectivity index (χ3n) is 3.54. The van der Waals surface area contributed by atoms with Gasteiger partial charge in [0.25, 0.3) is 0 Å². The Balaban J connectivity index is 1.98. The Kier molecular flexibility index (Phi) is 5.52. The number of hydrogen-bond donors (Lipinski definition) is 3. The Morgan fingerprint density at radius 3 is 2.65 bits per heavy atom. The first-order valence-corrected chi connectivity index (χ1v) is 7.11. The highest BCUT2D eigenvalue weighted by Gasteiger charge is 2.27.